The second kappa shape index (κ2) is 5.98. The summed E-state index contributed by atoms with van der Waals surface area (Å²) in [5, 5.41) is 1.15. The van der Waals surface area contributed by atoms with E-state index in [1.165, 1.54) is 5.56 Å². The minimum atomic E-state index is -0.0931. The lowest BCUT2D eigenvalue weighted by Gasteiger charge is -2.36. The monoisotopic (exact) mass is 315 g/mol. The molecule has 0 unspecified atom stereocenters. The topological polar surface area (TPSA) is 60.5 Å². The van der Waals surface area contributed by atoms with Crippen molar-refractivity contribution < 1.29 is 9.53 Å². The summed E-state index contributed by atoms with van der Waals surface area (Å²) in [6.45, 7) is 5.34. The number of nitrogens with two attached hydrogens (primary N) is 1. The van der Waals surface area contributed by atoms with E-state index >= 15 is 0 Å². The fourth-order valence-corrected chi connectivity index (χ4v) is 3.72. The van der Waals surface area contributed by atoms with Crippen LogP contribution in [0.1, 0.15) is 28.0 Å². The van der Waals surface area contributed by atoms with Gasteiger partial charge in [-0.2, -0.15) is 0 Å². The van der Waals surface area contributed by atoms with Gasteiger partial charge < -0.3 is 19.9 Å². The number of methoxy groups -OCH3 is 1. The Bertz CT molecular complexity index is 750. The zero-order chi connectivity index (χ0) is 16.7. The molecule has 0 radical (unpaired) electrons. The van der Waals surface area contributed by atoms with Gasteiger partial charge in [-0.25, -0.2) is 0 Å². The second-order valence-corrected chi connectivity index (χ2v) is 6.48. The third-order valence-corrected chi connectivity index (χ3v) is 5.07. The average Bonchev–Trinajstić information content (AvgIpc) is 2.79. The van der Waals surface area contributed by atoms with Gasteiger partial charge in [0.15, 0.2) is 0 Å². The first-order valence-corrected chi connectivity index (χ1v) is 8.08. The number of rotatable bonds is 2. The summed E-state index contributed by atoms with van der Waals surface area (Å²) in [5.74, 6) is 0.0644. The summed E-state index contributed by atoms with van der Waals surface area (Å²) >= 11 is 0. The van der Waals surface area contributed by atoms with Crippen LogP contribution in [-0.4, -0.2) is 47.7 Å². The first-order valence-electron chi connectivity index (χ1n) is 8.08. The molecule has 1 aliphatic rings. The van der Waals surface area contributed by atoms with Crippen LogP contribution in [0.5, 0.6) is 0 Å². The van der Waals surface area contributed by atoms with Gasteiger partial charge in [-0.3, -0.25) is 4.79 Å². The van der Waals surface area contributed by atoms with E-state index in [-0.39, 0.29) is 18.1 Å². The maximum atomic E-state index is 13.1. The zero-order valence-corrected chi connectivity index (χ0v) is 14.3. The number of hydrogen-bond donors (Lipinski definition) is 1. The summed E-state index contributed by atoms with van der Waals surface area (Å²) in [7, 11) is 3.63. The lowest BCUT2D eigenvalue weighted by Crippen LogP contribution is -2.53. The Kier molecular flexibility index (Phi) is 4.17. The molecule has 1 amide bonds. The Hall–Kier alpha value is -1.85. The fourth-order valence-electron chi connectivity index (χ4n) is 3.72. The molecule has 5 nitrogen and oxygen atoms in total. The van der Waals surface area contributed by atoms with Gasteiger partial charge in [0.25, 0.3) is 5.91 Å². The third-order valence-electron chi connectivity index (χ3n) is 5.07. The number of carbonyl (C=O) groups is 1. The van der Waals surface area contributed by atoms with Gasteiger partial charge in [-0.15, -0.1) is 0 Å². The number of amides is 1. The van der Waals surface area contributed by atoms with Crippen LogP contribution in [0.15, 0.2) is 18.2 Å². The summed E-state index contributed by atoms with van der Waals surface area (Å²) in [6.07, 6.45) is 0.677. The van der Waals surface area contributed by atoms with Gasteiger partial charge >= 0.3 is 0 Å². The van der Waals surface area contributed by atoms with Crippen molar-refractivity contribution in [3.05, 3.63) is 35.0 Å². The van der Waals surface area contributed by atoms with Gasteiger partial charge in [0, 0.05) is 38.7 Å². The highest BCUT2D eigenvalue weighted by atomic mass is 16.5. The molecule has 1 aromatic heterocycles. The van der Waals surface area contributed by atoms with E-state index in [1.807, 2.05) is 29.5 Å². The zero-order valence-electron chi connectivity index (χ0n) is 14.3. The van der Waals surface area contributed by atoms with Crippen LogP contribution in [0.25, 0.3) is 10.9 Å². The molecule has 0 bridgehead atoms. The van der Waals surface area contributed by atoms with E-state index < -0.39 is 0 Å². The van der Waals surface area contributed by atoms with Gasteiger partial charge in [0.1, 0.15) is 5.69 Å². The van der Waals surface area contributed by atoms with Crippen LogP contribution in [-0.2, 0) is 11.8 Å². The van der Waals surface area contributed by atoms with E-state index in [9.17, 15) is 4.79 Å². The van der Waals surface area contributed by atoms with Crippen molar-refractivity contribution in [2.45, 2.75) is 32.4 Å². The van der Waals surface area contributed by atoms with Crippen LogP contribution in [0.2, 0.25) is 0 Å². The molecule has 0 aliphatic carbocycles. The highest BCUT2D eigenvalue weighted by Crippen LogP contribution is 2.28. The number of carbonyl (C=O) groups excluding carboxylic acids is 1. The summed E-state index contributed by atoms with van der Waals surface area (Å²) < 4.78 is 7.46. The molecule has 1 fully saturated rings. The smallest absolute Gasteiger partial charge is 0.270 e. The predicted molar refractivity (Wildman–Crippen MR) is 91.7 cm³/mol. The number of aromatic nitrogens is 1. The van der Waals surface area contributed by atoms with Crippen LogP contribution >= 0.6 is 0 Å². The standard InChI is InChI=1S/C18H25N3O2/c1-11-6-5-7-13-12(2)17(20(3)16(11)13)18(22)21-9-8-14(19)15(10-21)23-4/h5-7,14-15H,8-10,19H2,1-4H3/t14-,15+/m1/s1. The number of benzene rings is 1. The number of para-hydroxylation sites is 1. The highest BCUT2D eigenvalue weighted by Gasteiger charge is 2.32. The molecule has 2 aromatic rings. The first kappa shape index (κ1) is 16.0. The van der Waals surface area contributed by atoms with E-state index in [2.05, 4.69) is 19.1 Å². The van der Waals surface area contributed by atoms with Gasteiger partial charge in [-0.05, 0) is 31.4 Å². The summed E-state index contributed by atoms with van der Waals surface area (Å²) in [5.41, 5.74) is 10.2. The third kappa shape index (κ3) is 2.54. The number of ether oxygens (including phenoxy) is 1. The second-order valence-electron chi connectivity index (χ2n) is 6.48. The molecular formula is C18H25N3O2. The molecule has 124 valence electrons. The Morgan fingerprint density at radius 3 is 2.74 bits per heavy atom. The highest BCUT2D eigenvalue weighted by molar-refractivity contribution is 6.02. The van der Waals surface area contributed by atoms with E-state index in [4.69, 9.17) is 10.5 Å². The number of aryl methyl sites for hydroxylation is 3. The lowest BCUT2D eigenvalue weighted by atomic mass is 10.0. The van der Waals surface area contributed by atoms with Crippen molar-refractivity contribution >= 4 is 16.8 Å². The SMILES string of the molecule is CO[C@H]1CN(C(=O)c2c(C)c3cccc(C)c3n2C)CC[C@H]1N. The normalized spacial score (nSPS) is 21.9. The van der Waals surface area contributed by atoms with Crippen LogP contribution in [0.4, 0.5) is 0 Å². The minimum absolute atomic E-state index is 0.000115. The van der Waals surface area contributed by atoms with Crippen molar-refractivity contribution in [3.63, 3.8) is 0 Å². The average molecular weight is 315 g/mol. The quantitative estimate of drug-likeness (QED) is 0.922. The van der Waals surface area contributed by atoms with Crippen molar-refractivity contribution in [3.8, 4) is 0 Å². The number of fused-ring (bicyclic) bond motifs is 1. The molecule has 1 aliphatic heterocycles. The molecule has 0 saturated carbocycles. The Morgan fingerprint density at radius 1 is 1.35 bits per heavy atom. The number of likely N-dealkylation sites (tertiary alicyclic amines) is 1. The van der Waals surface area contributed by atoms with Crippen molar-refractivity contribution in [1.82, 2.24) is 9.47 Å². The van der Waals surface area contributed by atoms with E-state index in [0.717, 1.165) is 28.6 Å². The van der Waals surface area contributed by atoms with Crippen LogP contribution in [0, 0.1) is 13.8 Å². The fraction of sp³-hybridized carbons (Fsp3) is 0.500. The van der Waals surface area contributed by atoms with Gasteiger partial charge in [0.2, 0.25) is 0 Å². The van der Waals surface area contributed by atoms with Crippen LogP contribution in [0.3, 0.4) is 0 Å². The molecule has 1 aromatic carbocycles. The van der Waals surface area contributed by atoms with Crippen molar-refractivity contribution in [1.29, 1.82) is 0 Å². The number of nitrogens with zero attached hydrogens (tertiary/aromatic N) is 2. The lowest BCUT2D eigenvalue weighted by molar-refractivity contribution is 0.0157. The van der Waals surface area contributed by atoms with Crippen LogP contribution < -0.4 is 5.73 Å². The maximum Gasteiger partial charge on any atom is 0.270 e. The maximum absolute atomic E-state index is 13.1. The van der Waals surface area contributed by atoms with Gasteiger partial charge in [0.05, 0.1) is 11.6 Å². The Morgan fingerprint density at radius 2 is 2.09 bits per heavy atom. The van der Waals surface area contributed by atoms with Gasteiger partial charge in [-0.1, -0.05) is 18.2 Å². The molecular weight excluding hydrogens is 290 g/mol. The Labute approximate surface area is 137 Å². The summed E-state index contributed by atoms with van der Waals surface area (Å²) in [4.78, 5) is 15.0. The number of hydrogen-bond acceptors (Lipinski definition) is 3. The minimum Gasteiger partial charge on any atom is -0.378 e. The van der Waals surface area contributed by atoms with E-state index in [1.54, 1.807) is 7.11 Å². The van der Waals surface area contributed by atoms with Crippen molar-refractivity contribution in [2.24, 2.45) is 12.8 Å². The number of piperidine rings is 1. The predicted octanol–water partition coefficient (Wildman–Crippen LogP) is 1.98. The molecule has 1 saturated heterocycles. The largest absolute Gasteiger partial charge is 0.378 e. The molecule has 2 N–H and O–H groups in total. The first-order chi connectivity index (χ1) is 11.0. The Balaban J connectivity index is 2.00. The molecule has 2 heterocycles. The molecule has 0 spiro atoms. The van der Waals surface area contributed by atoms with Crippen molar-refractivity contribution in [2.75, 3.05) is 20.2 Å². The summed E-state index contributed by atoms with van der Waals surface area (Å²) in [6, 6.07) is 6.20. The molecule has 2 atom stereocenters. The molecule has 23 heavy (non-hydrogen) atoms. The molecule has 5 heteroatoms. The molecule has 3 rings (SSSR count). The van der Waals surface area contributed by atoms with E-state index in [0.29, 0.717) is 13.1 Å².